The van der Waals surface area contributed by atoms with Gasteiger partial charge in [0.15, 0.2) is 5.17 Å². The zero-order valence-electron chi connectivity index (χ0n) is 15.0. The average molecular weight is 484 g/mol. The molecule has 2 aromatic rings. The number of thiophene rings is 1. The summed E-state index contributed by atoms with van der Waals surface area (Å²) in [7, 11) is -2.10. The fraction of sp³-hybridized carbons (Fsp3) is 0.111. The van der Waals surface area contributed by atoms with Gasteiger partial charge in [0.1, 0.15) is 9.11 Å². The summed E-state index contributed by atoms with van der Waals surface area (Å²) in [6, 6.07) is 10.7. The predicted octanol–water partition coefficient (Wildman–Crippen LogP) is 4.62. The highest BCUT2D eigenvalue weighted by atomic mass is 35.5. The number of carbonyl (C=O) groups is 1. The molecular weight excluding hydrogens is 470 g/mol. The smallest absolute Gasteiger partial charge is 0.294 e. The van der Waals surface area contributed by atoms with Crippen LogP contribution in [0.1, 0.15) is 0 Å². The Hall–Kier alpha value is -1.72. The van der Waals surface area contributed by atoms with E-state index in [-0.39, 0.29) is 21.8 Å². The molecule has 3 heterocycles. The van der Waals surface area contributed by atoms with Gasteiger partial charge in [-0.15, -0.1) is 22.3 Å². The van der Waals surface area contributed by atoms with Gasteiger partial charge >= 0.3 is 0 Å². The molecule has 1 saturated heterocycles. The third kappa shape index (κ3) is 3.75. The monoisotopic (exact) mass is 483 g/mol. The number of para-hydroxylation sites is 1. The van der Waals surface area contributed by atoms with Gasteiger partial charge in [-0.25, -0.2) is 0 Å². The Labute approximate surface area is 186 Å². The number of benzene rings is 1. The van der Waals surface area contributed by atoms with Gasteiger partial charge in [-0.1, -0.05) is 41.6 Å². The van der Waals surface area contributed by atoms with Crippen LogP contribution in [0, 0.1) is 0 Å². The second kappa shape index (κ2) is 7.84. The fourth-order valence-corrected chi connectivity index (χ4v) is 7.77. The third-order valence-corrected chi connectivity index (χ3v) is 9.62. The number of hydrogen-bond acceptors (Lipinski definition) is 7. The lowest BCUT2D eigenvalue weighted by atomic mass is 10.3. The number of amidine groups is 1. The molecule has 11 heteroatoms. The predicted molar refractivity (Wildman–Crippen MR) is 121 cm³/mol. The molecule has 2 aliphatic heterocycles. The Kier molecular flexibility index (Phi) is 5.56. The number of rotatable bonds is 4. The Balaban J connectivity index is 1.76. The fourth-order valence-electron chi connectivity index (χ4n) is 2.78. The second-order valence-corrected chi connectivity index (χ2v) is 11.5. The number of nitrogens with zero attached hydrogens (tertiary/aromatic N) is 3. The maximum absolute atomic E-state index is 13.1. The lowest BCUT2D eigenvalue weighted by Gasteiger charge is -2.15. The van der Waals surface area contributed by atoms with Crippen molar-refractivity contribution in [2.75, 3.05) is 18.5 Å². The second-order valence-electron chi connectivity index (χ2n) is 5.98. The largest absolute Gasteiger partial charge is 0.337 e. The van der Waals surface area contributed by atoms with E-state index < -0.39 is 10.0 Å². The van der Waals surface area contributed by atoms with Crippen molar-refractivity contribution in [2.45, 2.75) is 9.10 Å². The van der Waals surface area contributed by atoms with Crippen molar-refractivity contribution in [1.82, 2.24) is 4.90 Å². The van der Waals surface area contributed by atoms with Gasteiger partial charge in [0.25, 0.3) is 15.9 Å². The highest BCUT2D eigenvalue weighted by molar-refractivity contribution is 8.19. The van der Waals surface area contributed by atoms with E-state index in [2.05, 4.69) is 11.0 Å². The van der Waals surface area contributed by atoms with Gasteiger partial charge in [0.05, 0.1) is 15.1 Å². The molecule has 1 fully saturated rings. The molecule has 6 nitrogen and oxygen atoms in total. The van der Waals surface area contributed by atoms with Gasteiger partial charge in [-0.3, -0.25) is 9.69 Å². The van der Waals surface area contributed by atoms with Gasteiger partial charge in [-0.2, -0.15) is 8.42 Å². The average Bonchev–Trinajstić information content (AvgIpc) is 3.35. The highest BCUT2D eigenvalue weighted by Gasteiger charge is 2.39. The topological polar surface area (TPSA) is 70.1 Å². The van der Waals surface area contributed by atoms with Crippen molar-refractivity contribution in [1.29, 1.82) is 0 Å². The molecule has 1 amide bonds. The van der Waals surface area contributed by atoms with Crippen LogP contribution in [-0.2, 0) is 14.8 Å². The number of carbonyl (C=O) groups excluding carboxylic acids is 1. The number of hydrogen-bond donors (Lipinski definition) is 0. The SMILES string of the molecule is C=CCN1C(=O)/C(=C2\Sc3ccccc3N2C)S/C1=N/S(=O)(=O)c1ccc(Cl)s1. The first-order valence-electron chi connectivity index (χ1n) is 8.27. The molecule has 29 heavy (non-hydrogen) atoms. The maximum atomic E-state index is 13.1. The zero-order chi connectivity index (χ0) is 20.8. The Morgan fingerprint density at radius 2 is 1.97 bits per heavy atom. The van der Waals surface area contributed by atoms with Crippen molar-refractivity contribution in [3.63, 3.8) is 0 Å². The molecule has 0 atom stereocenters. The quantitative estimate of drug-likeness (QED) is 0.467. The molecule has 0 saturated carbocycles. The number of sulfonamides is 1. The number of thioether (sulfide) groups is 2. The lowest BCUT2D eigenvalue weighted by molar-refractivity contribution is -0.121. The molecule has 2 aliphatic rings. The van der Waals surface area contributed by atoms with Crippen LogP contribution in [0.25, 0.3) is 0 Å². The molecule has 0 bridgehead atoms. The standard InChI is InChI=1S/C18H14ClN3O3S4/c1-3-10-22-16(23)15(17-21(2)11-6-4-5-7-12(11)26-17)28-18(22)20-29(24,25)14-9-8-13(19)27-14/h3-9H,1,10H2,2H3/b17-15+,20-18+. The van der Waals surface area contributed by atoms with E-state index >= 15 is 0 Å². The first kappa shape index (κ1) is 20.5. The van der Waals surface area contributed by atoms with Crippen molar-refractivity contribution < 1.29 is 13.2 Å². The van der Waals surface area contributed by atoms with Crippen LogP contribution in [0.15, 0.2) is 72.5 Å². The molecule has 4 rings (SSSR count). The van der Waals surface area contributed by atoms with E-state index in [1.54, 1.807) is 0 Å². The van der Waals surface area contributed by atoms with Gasteiger partial charge in [0.2, 0.25) is 0 Å². The highest BCUT2D eigenvalue weighted by Crippen LogP contribution is 2.49. The Morgan fingerprint density at radius 3 is 2.62 bits per heavy atom. The first-order chi connectivity index (χ1) is 13.8. The summed E-state index contributed by atoms with van der Waals surface area (Å²) in [6.07, 6.45) is 1.54. The van der Waals surface area contributed by atoms with E-state index in [0.29, 0.717) is 9.24 Å². The van der Waals surface area contributed by atoms with Crippen LogP contribution >= 0.6 is 46.5 Å². The number of halogens is 1. The number of amides is 1. The van der Waals surface area contributed by atoms with Crippen LogP contribution < -0.4 is 4.90 Å². The summed E-state index contributed by atoms with van der Waals surface area (Å²) in [5, 5.41) is 0.851. The van der Waals surface area contributed by atoms with Crippen LogP contribution in [0.4, 0.5) is 5.69 Å². The third-order valence-electron chi connectivity index (χ3n) is 4.11. The minimum absolute atomic E-state index is 0.0301. The van der Waals surface area contributed by atoms with Crippen LogP contribution in [0.5, 0.6) is 0 Å². The summed E-state index contributed by atoms with van der Waals surface area (Å²) in [5.74, 6) is -0.296. The zero-order valence-corrected chi connectivity index (χ0v) is 19.1. The minimum atomic E-state index is -3.98. The molecule has 150 valence electrons. The van der Waals surface area contributed by atoms with Crippen molar-refractivity contribution in [3.05, 3.63) is 63.3 Å². The van der Waals surface area contributed by atoms with Crippen molar-refractivity contribution >= 4 is 73.2 Å². The molecule has 0 radical (unpaired) electrons. The number of anilines is 1. The summed E-state index contributed by atoms with van der Waals surface area (Å²) in [5.41, 5.74) is 0.995. The van der Waals surface area contributed by atoms with Crippen LogP contribution in [-0.4, -0.2) is 38.0 Å². The van der Waals surface area contributed by atoms with Gasteiger partial charge in [0, 0.05) is 18.5 Å². The first-order valence-corrected chi connectivity index (χ1v) is 12.5. The maximum Gasteiger partial charge on any atom is 0.294 e. The molecule has 1 aromatic carbocycles. The van der Waals surface area contributed by atoms with E-state index in [0.717, 1.165) is 38.7 Å². The van der Waals surface area contributed by atoms with Crippen molar-refractivity contribution in [3.8, 4) is 0 Å². The summed E-state index contributed by atoms with van der Waals surface area (Å²) < 4.78 is 29.7. The lowest BCUT2D eigenvalue weighted by Crippen LogP contribution is -2.30. The van der Waals surface area contributed by atoms with E-state index in [1.165, 1.54) is 34.9 Å². The van der Waals surface area contributed by atoms with E-state index in [9.17, 15) is 13.2 Å². The molecule has 0 aliphatic carbocycles. The normalized spacial score (nSPS) is 20.6. The summed E-state index contributed by atoms with van der Waals surface area (Å²) >= 11 is 9.32. The van der Waals surface area contributed by atoms with Gasteiger partial charge in [-0.05, 0) is 36.0 Å². The number of fused-ring (bicyclic) bond motifs is 1. The van der Waals surface area contributed by atoms with Crippen LogP contribution in [0.3, 0.4) is 0 Å². The van der Waals surface area contributed by atoms with Crippen molar-refractivity contribution in [2.24, 2.45) is 4.40 Å². The van der Waals surface area contributed by atoms with E-state index in [1.807, 2.05) is 36.2 Å². The molecule has 0 N–H and O–H groups in total. The van der Waals surface area contributed by atoms with Gasteiger partial charge < -0.3 is 4.90 Å². The molecule has 1 aromatic heterocycles. The van der Waals surface area contributed by atoms with Crippen LogP contribution in [0.2, 0.25) is 4.34 Å². The summed E-state index contributed by atoms with van der Waals surface area (Å²) in [6.45, 7) is 3.82. The minimum Gasteiger partial charge on any atom is -0.337 e. The molecular formula is C18H14ClN3O3S4. The van der Waals surface area contributed by atoms with E-state index in [4.69, 9.17) is 11.6 Å². The Bertz CT molecular complexity index is 1190. The molecule has 0 spiro atoms. The Morgan fingerprint density at radius 1 is 1.21 bits per heavy atom. The molecule has 0 unspecified atom stereocenters. The summed E-state index contributed by atoms with van der Waals surface area (Å²) in [4.78, 5) is 17.8.